The Morgan fingerprint density at radius 2 is 2.06 bits per heavy atom. The Morgan fingerprint density at radius 3 is 2.84 bits per heavy atom. The topological polar surface area (TPSA) is 119 Å². The Bertz CT molecular complexity index is 1130. The molecule has 3 heterocycles. The number of fused-ring (bicyclic) bond motifs is 1. The van der Waals surface area contributed by atoms with Crippen LogP contribution in [0.1, 0.15) is 13.8 Å². The number of guanidine groups is 1. The molecule has 4 rings (SSSR count). The van der Waals surface area contributed by atoms with Crippen LogP contribution in [0.5, 0.6) is 0 Å². The zero-order chi connectivity index (χ0) is 21.8. The van der Waals surface area contributed by atoms with Gasteiger partial charge in [0, 0.05) is 37.4 Å². The first kappa shape index (κ1) is 20.3. The third-order valence-electron chi connectivity index (χ3n) is 5.46. The molecule has 3 aromatic rings. The van der Waals surface area contributed by atoms with E-state index < -0.39 is 0 Å². The summed E-state index contributed by atoms with van der Waals surface area (Å²) in [4.78, 5) is 22.0. The molecule has 1 aromatic carbocycles. The fourth-order valence-electron chi connectivity index (χ4n) is 3.90. The Morgan fingerprint density at radius 1 is 1.19 bits per heavy atom. The Kier molecular flexibility index (Phi) is 5.80. The van der Waals surface area contributed by atoms with Crippen molar-refractivity contribution in [2.75, 3.05) is 30.3 Å². The molecule has 3 N–H and O–H groups in total. The van der Waals surface area contributed by atoms with Crippen molar-refractivity contribution in [1.82, 2.24) is 25.2 Å². The van der Waals surface area contributed by atoms with Crippen LogP contribution in [0, 0.1) is 17.4 Å². The number of rotatable bonds is 3. The van der Waals surface area contributed by atoms with Crippen molar-refractivity contribution >= 4 is 34.3 Å². The first-order valence-corrected chi connectivity index (χ1v) is 10.2. The molecule has 2 aromatic heterocycles. The zero-order valence-electron chi connectivity index (χ0n) is 17.6. The van der Waals surface area contributed by atoms with E-state index in [4.69, 9.17) is 10.7 Å². The lowest BCUT2D eigenvalue weighted by Gasteiger charge is -2.44. The normalized spacial score (nSPS) is 17.1. The number of aromatic nitrogens is 3. The first-order valence-electron chi connectivity index (χ1n) is 10.2. The molecule has 0 saturated carbocycles. The largest absolute Gasteiger partial charge is 0.368 e. The van der Waals surface area contributed by atoms with Crippen LogP contribution in [0.15, 0.2) is 53.8 Å². The van der Waals surface area contributed by atoms with E-state index in [0.717, 1.165) is 35.5 Å². The second-order valence-electron chi connectivity index (χ2n) is 7.74. The minimum atomic E-state index is 0.123. The molecular weight excluding hydrogens is 390 g/mol. The fourth-order valence-corrected chi connectivity index (χ4v) is 3.90. The number of pyridine rings is 1. The number of hydrogen-bond acceptors (Lipinski definition) is 7. The van der Waals surface area contributed by atoms with Crippen molar-refractivity contribution in [3.63, 3.8) is 0 Å². The molecule has 158 valence electrons. The van der Waals surface area contributed by atoms with Gasteiger partial charge in [0.05, 0.1) is 17.2 Å². The second-order valence-corrected chi connectivity index (χ2v) is 7.74. The third kappa shape index (κ3) is 4.33. The monoisotopic (exact) mass is 415 g/mol. The lowest BCUT2D eigenvalue weighted by molar-refractivity contribution is 0.220. The molecule has 1 aliphatic rings. The first-order chi connectivity index (χ1) is 15.1. The van der Waals surface area contributed by atoms with Crippen molar-refractivity contribution in [3.8, 4) is 6.19 Å². The van der Waals surface area contributed by atoms with E-state index in [-0.39, 0.29) is 12.0 Å². The zero-order valence-corrected chi connectivity index (χ0v) is 17.6. The van der Waals surface area contributed by atoms with Gasteiger partial charge in [0.25, 0.3) is 0 Å². The summed E-state index contributed by atoms with van der Waals surface area (Å²) < 4.78 is 0. The number of nitriles is 1. The van der Waals surface area contributed by atoms with Crippen LogP contribution in [0.25, 0.3) is 10.9 Å². The molecular formula is C22H25N9. The van der Waals surface area contributed by atoms with Gasteiger partial charge in [0.1, 0.15) is 5.82 Å². The quantitative estimate of drug-likeness (QED) is 0.290. The van der Waals surface area contributed by atoms with Crippen molar-refractivity contribution in [3.05, 3.63) is 48.8 Å². The van der Waals surface area contributed by atoms with Gasteiger partial charge in [0.15, 0.2) is 6.19 Å². The summed E-state index contributed by atoms with van der Waals surface area (Å²) in [6, 6.07) is 11.7. The highest BCUT2D eigenvalue weighted by molar-refractivity contribution is 5.94. The van der Waals surface area contributed by atoms with Gasteiger partial charge in [-0.15, -0.1) is 0 Å². The fraction of sp³-hybridized carbons (Fsp3) is 0.318. The van der Waals surface area contributed by atoms with Gasteiger partial charge in [-0.3, -0.25) is 10.3 Å². The van der Waals surface area contributed by atoms with Crippen LogP contribution in [-0.4, -0.2) is 51.5 Å². The maximum atomic E-state index is 9.42. The predicted molar refractivity (Wildman–Crippen MR) is 122 cm³/mol. The molecule has 0 radical (unpaired) electrons. The number of nitrogens with zero attached hydrogens (tertiary/aromatic N) is 7. The van der Waals surface area contributed by atoms with E-state index >= 15 is 0 Å². The lowest BCUT2D eigenvalue weighted by atomic mass is 9.99. The van der Waals surface area contributed by atoms with E-state index in [1.54, 1.807) is 12.4 Å². The van der Waals surface area contributed by atoms with Crippen molar-refractivity contribution < 1.29 is 0 Å². The smallest absolute Gasteiger partial charge is 0.221 e. The van der Waals surface area contributed by atoms with Gasteiger partial charge >= 0.3 is 0 Å². The number of nitrogens with one attached hydrogen (secondary N) is 1. The average Bonchev–Trinajstić information content (AvgIpc) is 2.78. The van der Waals surface area contributed by atoms with Crippen molar-refractivity contribution in [1.29, 1.82) is 5.26 Å². The van der Waals surface area contributed by atoms with Crippen LogP contribution < -0.4 is 16.0 Å². The van der Waals surface area contributed by atoms with E-state index in [1.165, 1.54) is 0 Å². The van der Waals surface area contributed by atoms with Gasteiger partial charge in [-0.1, -0.05) is 19.9 Å². The van der Waals surface area contributed by atoms with Crippen LogP contribution >= 0.6 is 0 Å². The Labute approximate surface area is 181 Å². The van der Waals surface area contributed by atoms with Gasteiger partial charge in [0.2, 0.25) is 11.9 Å². The minimum absolute atomic E-state index is 0.123. The summed E-state index contributed by atoms with van der Waals surface area (Å²) in [7, 11) is 0. The minimum Gasteiger partial charge on any atom is -0.368 e. The maximum absolute atomic E-state index is 9.42. The van der Waals surface area contributed by atoms with E-state index in [0.29, 0.717) is 18.4 Å². The number of hydrogen-bond donors (Lipinski definition) is 2. The molecule has 31 heavy (non-hydrogen) atoms. The number of benzene rings is 1. The lowest BCUT2D eigenvalue weighted by Crippen LogP contribution is -2.59. The number of anilines is 2. The molecule has 1 unspecified atom stereocenters. The molecule has 1 saturated heterocycles. The number of nitrogen functional groups attached to an aromatic ring is 1. The SMILES string of the molecule is CC(C)C1CN(c2ccnc(N)n2)CCN1C(=Nc1cccc2ncccc12)NC#N. The third-order valence-corrected chi connectivity index (χ3v) is 5.46. The molecule has 1 fully saturated rings. The summed E-state index contributed by atoms with van der Waals surface area (Å²) in [5, 5.41) is 13.2. The number of nitrogens with two attached hydrogens (primary N) is 1. The standard InChI is InChI=1S/C22H25N9/c1-15(2)19-13-30(20-8-10-26-21(24)29-20)11-12-31(19)22(27-14-23)28-18-7-3-6-17-16(18)5-4-9-25-17/h3-10,15,19H,11-13H2,1-2H3,(H,27,28)(H2,24,26,29). The van der Waals surface area contributed by atoms with E-state index in [2.05, 4.69) is 50.1 Å². The molecule has 1 aliphatic heterocycles. The molecule has 0 aliphatic carbocycles. The van der Waals surface area contributed by atoms with Crippen LogP contribution in [0.2, 0.25) is 0 Å². The van der Waals surface area contributed by atoms with Gasteiger partial charge in [-0.2, -0.15) is 10.2 Å². The average molecular weight is 416 g/mol. The van der Waals surface area contributed by atoms with Crippen molar-refractivity contribution in [2.24, 2.45) is 10.9 Å². The Hall–Kier alpha value is -3.93. The maximum Gasteiger partial charge on any atom is 0.221 e. The molecule has 0 bridgehead atoms. The Balaban J connectivity index is 1.67. The molecule has 9 nitrogen and oxygen atoms in total. The van der Waals surface area contributed by atoms with Crippen LogP contribution in [-0.2, 0) is 0 Å². The summed E-state index contributed by atoms with van der Waals surface area (Å²) in [6.07, 6.45) is 5.49. The van der Waals surface area contributed by atoms with Crippen LogP contribution in [0.3, 0.4) is 0 Å². The molecule has 9 heteroatoms. The molecule has 0 amide bonds. The highest BCUT2D eigenvalue weighted by Gasteiger charge is 2.32. The summed E-state index contributed by atoms with van der Waals surface area (Å²) in [5.41, 5.74) is 7.42. The second kappa shape index (κ2) is 8.83. The highest BCUT2D eigenvalue weighted by atomic mass is 15.4. The number of aliphatic imine (C=N–C) groups is 1. The molecule has 1 atom stereocenters. The summed E-state index contributed by atoms with van der Waals surface area (Å²) >= 11 is 0. The van der Waals surface area contributed by atoms with Gasteiger partial charge in [-0.25, -0.2) is 9.98 Å². The van der Waals surface area contributed by atoms with Gasteiger partial charge in [-0.05, 0) is 36.2 Å². The van der Waals surface area contributed by atoms with Crippen LogP contribution in [0.4, 0.5) is 17.5 Å². The van der Waals surface area contributed by atoms with E-state index in [1.807, 2.05) is 36.4 Å². The highest BCUT2D eigenvalue weighted by Crippen LogP contribution is 2.26. The summed E-state index contributed by atoms with van der Waals surface area (Å²) in [6.45, 7) is 6.48. The molecule has 0 spiro atoms. The van der Waals surface area contributed by atoms with Gasteiger partial charge < -0.3 is 15.5 Å². The number of piperazine rings is 1. The van der Waals surface area contributed by atoms with E-state index in [9.17, 15) is 5.26 Å². The van der Waals surface area contributed by atoms with Crippen molar-refractivity contribution in [2.45, 2.75) is 19.9 Å². The summed E-state index contributed by atoms with van der Waals surface area (Å²) in [5.74, 6) is 1.94. The predicted octanol–water partition coefficient (Wildman–Crippen LogP) is 2.51.